The minimum Gasteiger partial charge on any atom is -0.370 e. The average Bonchev–Trinajstić information content (AvgIpc) is 2.73. The summed E-state index contributed by atoms with van der Waals surface area (Å²) in [5.74, 6) is 1.91. The van der Waals surface area contributed by atoms with Crippen LogP contribution < -0.4 is 5.73 Å². The van der Waals surface area contributed by atoms with Crippen LogP contribution in [0.2, 0.25) is 0 Å². The summed E-state index contributed by atoms with van der Waals surface area (Å²) in [7, 11) is 0. The van der Waals surface area contributed by atoms with Crippen molar-refractivity contribution in [3.8, 4) is 0 Å². The van der Waals surface area contributed by atoms with Crippen LogP contribution in [0.4, 0.5) is 0 Å². The highest BCUT2D eigenvalue weighted by atomic mass is 16.5. The normalized spacial score (nSPS) is 15.3. The molecule has 5 heteroatoms. The highest BCUT2D eigenvalue weighted by Crippen LogP contribution is 2.25. The Hall–Kier alpha value is -0.940. The van der Waals surface area contributed by atoms with E-state index in [1.54, 1.807) is 0 Å². The van der Waals surface area contributed by atoms with Crippen molar-refractivity contribution >= 4 is 0 Å². The number of nitrogens with zero attached hydrogens (tertiary/aromatic N) is 2. The first kappa shape index (κ1) is 15.1. The van der Waals surface area contributed by atoms with Gasteiger partial charge in [0.2, 0.25) is 11.7 Å². The number of nitrogens with two attached hydrogens (primary N) is 1. The molecule has 1 rings (SSSR count). The van der Waals surface area contributed by atoms with E-state index < -0.39 is 0 Å². The SMILES string of the molecule is CCOC(c1noc([C@H](N)CC(C)C)n1)C(C)C. The van der Waals surface area contributed by atoms with Crippen LogP contribution in [-0.2, 0) is 4.74 Å². The molecule has 0 saturated carbocycles. The molecule has 1 unspecified atom stereocenters. The first-order valence-electron chi connectivity index (χ1n) is 6.66. The number of rotatable bonds is 7. The van der Waals surface area contributed by atoms with Crippen molar-refractivity contribution in [2.24, 2.45) is 17.6 Å². The fourth-order valence-corrected chi connectivity index (χ4v) is 1.87. The minimum absolute atomic E-state index is 0.126. The molecule has 1 aromatic heterocycles. The predicted octanol–water partition coefficient (Wildman–Crippen LogP) is 2.85. The maximum absolute atomic E-state index is 6.02. The molecule has 0 spiro atoms. The second-order valence-corrected chi connectivity index (χ2v) is 5.35. The van der Waals surface area contributed by atoms with E-state index in [0.29, 0.717) is 30.2 Å². The zero-order valence-corrected chi connectivity index (χ0v) is 12.0. The molecule has 5 nitrogen and oxygen atoms in total. The van der Waals surface area contributed by atoms with Crippen LogP contribution in [0.3, 0.4) is 0 Å². The third-order valence-corrected chi connectivity index (χ3v) is 2.71. The Kier molecular flexibility index (Phi) is 5.75. The van der Waals surface area contributed by atoms with Crippen LogP contribution in [-0.4, -0.2) is 16.7 Å². The van der Waals surface area contributed by atoms with Crippen molar-refractivity contribution in [1.29, 1.82) is 0 Å². The topological polar surface area (TPSA) is 74.2 Å². The van der Waals surface area contributed by atoms with Gasteiger partial charge in [0, 0.05) is 6.61 Å². The molecular weight excluding hydrogens is 230 g/mol. The van der Waals surface area contributed by atoms with Gasteiger partial charge in [-0.2, -0.15) is 4.98 Å². The van der Waals surface area contributed by atoms with E-state index in [4.69, 9.17) is 15.0 Å². The molecule has 2 N–H and O–H groups in total. The average molecular weight is 255 g/mol. The second kappa shape index (κ2) is 6.85. The van der Waals surface area contributed by atoms with Gasteiger partial charge in [-0.05, 0) is 25.2 Å². The van der Waals surface area contributed by atoms with Gasteiger partial charge in [0.1, 0.15) is 6.10 Å². The van der Waals surface area contributed by atoms with Crippen LogP contribution in [0.5, 0.6) is 0 Å². The predicted molar refractivity (Wildman–Crippen MR) is 69.9 cm³/mol. The van der Waals surface area contributed by atoms with Gasteiger partial charge >= 0.3 is 0 Å². The van der Waals surface area contributed by atoms with Crippen LogP contribution in [0.1, 0.15) is 64.9 Å². The molecule has 18 heavy (non-hydrogen) atoms. The molecule has 1 aromatic rings. The first-order chi connectivity index (χ1) is 8.45. The summed E-state index contributed by atoms with van der Waals surface area (Å²) in [6, 6.07) is -0.194. The third kappa shape index (κ3) is 4.07. The molecule has 0 saturated heterocycles. The number of hydrogen-bond donors (Lipinski definition) is 1. The Morgan fingerprint density at radius 1 is 1.28 bits per heavy atom. The largest absolute Gasteiger partial charge is 0.370 e. The summed E-state index contributed by atoms with van der Waals surface area (Å²) < 4.78 is 10.9. The van der Waals surface area contributed by atoms with Gasteiger partial charge in [0.15, 0.2) is 0 Å². The van der Waals surface area contributed by atoms with Crippen molar-refractivity contribution in [3.05, 3.63) is 11.7 Å². The zero-order valence-electron chi connectivity index (χ0n) is 12.0. The monoisotopic (exact) mass is 255 g/mol. The van der Waals surface area contributed by atoms with Gasteiger partial charge < -0.3 is 15.0 Å². The standard InChI is InChI=1S/C13H25N3O2/c1-6-17-11(9(4)5)12-15-13(18-16-12)10(14)7-8(2)3/h8-11H,6-7,14H2,1-5H3/t10-,11?/m1/s1. The molecule has 0 aliphatic heterocycles. The van der Waals surface area contributed by atoms with Crippen LogP contribution >= 0.6 is 0 Å². The van der Waals surface area contributed by atoms with Gasteiger partial charge in [0.25, 0.3) is 0 Å². The van der Waals surface area contributed by atoms with E-state index in [2.05, 4.69) is 37.8 Å². The molecule has 0 aliphatic rings. The van der Waals surface area contributed by atoms with Gasteiger partial charge in [-0.3, -0.25) is 0 Å². The summed E-state index contributed by atoms with van der Waals surface area (Å²) in [4.78, 5) is 4.38. The molecule has 0 aromatic carbocycles. The van der Waals surface area contributed by atoms with E-state index in [1.165, 1.54) is 0 Å². The Morgan fingerprint density at radius 2 is 1.94 bits per heavy atom. The molecular formula is C13H25N3O2. The molecule has 0 radical (unpaired) electrons. The number of ether oxygens (including phenoxy) is 1. The third-order valence-electron chi connectivity index (χ3n) is 2.71. The van der Waals surface area contributed by atoms with E-state index in [-0.39, 0.29) is 12.1 Å². The fourth-order valence-electron chi connectivity index (χ4n) is 1.87. The molecule has 0 bridgehead atoms. The van der Waals surface area contributed by atoms with Crippen molar-refractivity contribution in [3.63, 3.8) is 0 Å². The maximum Gasteiger partial charge on any atom is 0.243 e. The Bertz CT molecular complexity index is 350. The lowest BCUT2D eigenvalue weighted by atomic mass is 10.0. The second-order valence-electron chi connectivity index (χ2n) is 5.35. The quantitative estimate of drug-likeness (QED) is 0.811. The summed E-state index contributed by atoms with van der Waals surface area (Å²) in [6.45, 7) is 11.0. The summed E-state index contributed by atoms with van der Waals surface area (Å²) in [5, 5.41) is 3.99. The molecule has 2 atom stereocenters. The van der Waals surface area contributed by atoms with E-state index in [9.17, 15) is 0 Å². The van der Waals surface area contributed by atoms with Crippen LogP contribution in [0.25, 0.3) is 0 Å². The van der Waals surface area contributed by atoms with Gasteiger partial charge in [-0.25, -0.2) is 0 Å². The van der Waals surface area contributed by atoms with Crippen molar-refractivity contribution < 1.29 is 9.26 Å². The lowest BCUT2D eigenvalue weighted by Crippen LogP contribution is -2.15. The molecule has 104 valence electrons. The fraction of sp³-hybridized carbons (Fsp3) is 0.846. The van der Waals surface area contributed by atoms with Crippen LogP contribution in [0, 0.1) is 11.8 Å². The Labute approximate surface area is 109 Å². The van der Waals surface area contributed by atoms with Crippen LogP contribution in [0.15, 0.2) is 4.52 Å². The highest BCUT2D eigenvalue weighted by molar-refractivity contribution is 4.96. The van der Waals surface area contributed by atoms with Gasteiger partial charge in [0.05, 0.1) is 6.04 Å². The Balaban J connectivity index is 2.77. The zero-order chi connectivity index (χ0) is 13.7. The van der Waals surface area contributed by atoms with Crippen molar-refractivity contribution in [2.45, 2.75) is 53.2 Å². The number of aromatic nitrogens is 2. The van der Waals surface area contributed by atoms with E-state index in [0.717, 1.165) is 6.42 Å². The Morgan fingerprint density at radius 3 is 2.44 bits per heavy atom. The molecule has 0 fully saturated rings. The van der Waals surface area contributed by atoms with E-state index >= 15 is 0 Å². The lowest BCUT2D eigenvalue weighted by Gasteiger charge is -2.16. The van der Waals surface area contributed by atoms with E-state index in [1.807, 2.05) is 6.92 Å². The first-order valence-corrected chi connectivity index (χ1v) is 6.66. The molecule has 1 heterocycles. The van der Waals surface area contributed by atoms with Crippen molar-refractivity contribution in [1.82, 2.24) is 10.1 Å². The molecule has 0 aliphatic carbocycles. The lowest BCUT2D eigenvalue weighted by molar-refractivity contribution is 0.0217. The maximum atomic E-state index is 6.02. The molecule has 0 amide bonds. The van der Waals surface area contributed by atoms with Crippen molar-refractivity contribution in [2.75, 3.05) is 6.61 Å². The minimum atomic E-state index is -0.194. The van der Waals surface area contributed by atoms with Gasteiger partial charge in [-0.15, -0.1) is 0 Å². The smallest absolute Gasteiger partial charge is 0.243 e. The summed E-state index contributed by atoms with van der Waals surface area (Å²) in [6.07, 6.45) is 0.710. The number of hydrogen-bond acceptors (Lipinski definition) is 5. The summed E-state index contributed by atoms with van der Waals surface area (Å²) >= 11 is 0. The highest BCUT2D eigenvalue weighted by Gasteiger charge is 2.24. The summed E-state index contributed by atoms with van der Waals surface area (Å²) in [5.41, 5.74) is 6.02. The van der Waals surface area contributed by atoms with Gasteiger partial charge in [-0.1, -0.05) is 32.9 Å².